The second-order valence-electron chi connectivity index (χ2n) is 4.58. The van der Waals surface area contributed by atoms with Gasteiger partial charge in [0.1, 0.15) is 0 Å². The van der Waals surface area contributed by atoms with Crippen LogP contribution >= 0.6 is 0 Å². The predicted molar refractivity (Wildman–Crippen MR) is 66.3 cm³/mol. The highest BCUT2D eigenvalue weighted by Gasteiger charge is 2.34. The van der Waals surface area contributed by atoms with Crippen molar-refractivity contribution in [1.29, 1.82) is 0 Å². The maximum atomic E-state index is 13.4. The van der Waals surface area contributed by atoms with Crippen LogP contribution in [0.15, 0.2) is 30.3 Å². The first-order valence-corrected chi connectivity index (χ1v) is 5.84. The van der Waals surface area contributed by atoms with Crippen LogP contribution in [0, 0.1) is 25.5 Å². The van der Waals surface area contributed by atoms with E-state index in [2.05, 4.69) is 0 Å². The van der Waals surface area contributed by atoms with Gasteiger partial charge < -0.3 is 0 Å². The van der Waals surface area contributed by atoms with Crippen LogP contribution in [0.3, 0.4) is 0 Å². The van der Waals surface area contributed by atoms with Gasteiger partial charge in [-0.25, -0.2) is 8.78 Å². The van der Waals surface area contributed by atoms with Crippen molar-refractivity contribution < 1.29 is 22.0 Å². The molecule has 20 heavy (non-hydrogen) atoms. The number of alkyl halides is 3. The number of hydrogen-bond donors (Lipinski definition) is 0. The van der Waals surface area contributed by atoms with Crippen LogP contribution in [0.4, 0.5) is 22.0 Å². The largest absolute Gasteiger partial charge is 0.417 e. The number of rotatable bonds is 1. The molecule has 2 rings (SSSR count). The molecule has 0 aliphatic heterocycles. The van der Waals surface area contributed by atoms with Crippen LogP contribution in [-0.2, 0) is 6.18 Å². The average Bonchev–Trinajstić information content (AvgIpc) is 2.34. The Morgan fingerprint density at radius 3 is 2.10 bits per heavy atom. The van der Waals surface area contributed by atoms with Gasteiger partial charge >= 0.3 is 6.18 Å². The molecule has 0 amide bonds. The van der Waals surface area contributed by atoms with Crippen molar-refractivity contribution in [2.24, 2.45) is 0 Å². The van der Waals surface area contributed by atoms with E-state index in [1.807, 2.05) is 0 Å². The molecule has 0 nitrogen and oxygen atoms in total. The highest BCUT2D eigenvalue weighted by Crippen LogP contribution is 2.39. The molecule has 0 aromatic heterocycles. The molecule has 2 aromatic carbocycles. The van der Waals surface area contributed by atoms with Crippen molar-refractivity contribution in [3.63, 3.8) is 0 Å². The van der Waals surface area contributed by atoms with E-state index >= 15 is 0 Å². The third-order valence-corrected chi connectivity index (χ3v) is 3.08. The molecule has 0 fully saturated rings. The Labute approximate surface area is 112 Å². The first-order chi connectivity index (χ1) is 9.21. The Balaban J connectivity index is 2.76. The van der Waals surface area contributed by atoms with Gasteiger partial charge in [-0.1, -0.05) is 12.1 Å². The summed E-state index contributed by atoms with van der Waals surface area (Å²) in [5.74, 6) is -2.20. The molecule has 0 spiro atoms. The predicted octanol–water partition coefficient (Wildman–Crippen LogP) is 5.27. The van der Waals surface area contributed by atoms with Crippen molar-refractivity contribution in [1.82, 2.24) is 0 Å². The Bertz CT molecular complexity index is 633. The summed E-state index contributed by atoms with van der Waals surface area (Å²) in [6.07, 6.45) is -4.56. The molecule has 0 atom stereocenters. The number of hydrogen-bond acceptors (Lipinski definition) is 0. The van der Waals surface area contributed by atoms with Gasteiger partial charge in [-0.2, -0.15) is 13.2 Å². The summed E-state index contributed by atoms with van der Waals surface area (Å²) in [6, 6.07) is 5.73. The first kappa shape index (κ1) is 14.5. The monoisotopic (exact) mass is 286 g/mol. The summed E-state index contributed by atoms with van der Waals surface area (Å²) in [5.41, 5.74) is -0.640. The third kappa shape index (κ3) is 2.53. The highest BCUT2D eigenvalue weighted by atomic mass is 19.4. The number of benzene rings is 2. The molecule has 0 N–H and O–H groups in total. The van der Waals surface area contributed by atoms with Crippen LogP contribution in [0.1, 0.15) is 16.7 Å². The van der Waals surface area contributed by atoms with Crippen molar-refractivity contribution in [3.05, 3.63) is 58.7 Å². The molecule has 0 saturated carbocycles. The van der Waals surface area contributed by atoms with E-state index in [1.54, 1.807) is 0 Å². The van der Waals surface area contributed by atoms with Gasteiger partial charge in [0, 0.05) is 0 Å². The summed E-state index contributed by atoms with van der Waals surface area (Å²) >= 11 is 0. The lowest BCUT2D eigenvalue weighted by atomic mass is 9.93. The molecule has 0 bridgehead atoms. The zero-order valence-electron chi connectivity index (χ0n) is 10.8. The summed E-state index contributed by atoms with van der Waals surface area (Å²) in [6.45, 7) is 2.81. The number of halogens is 5. The minimum absolute atomic E-state index is 0.0202. The molecular formula is C15H11F5. The van der Waals surface area contributed by atoms with Gasteiger partial charge in [0.2, 0.25) is 0 Å². The molecule has 0 aliphatic rings. The standard InChI is InChI=1S/C15H11F5/c1-8-4-3-5-11(15(18,19)20)13(8)10-6-9(2)14(17)12(16)7-10/h3-7H,1-2H3. The van der Waals surface area contributed by atoms with Gasteiger partial charge in [0.15, 0.2) is 11.6 Å². The van der Waals surface area contributed by atoms with E-state index in [4.69, 9.17) is 0 Å². The molecule has 0 aliphatic carbocycles. The van der Waals surface area contributed by atoms with Crippen molar-refractivity contribution >= 4 is 0 Å². The average molecular weight is 286 g/mol. The van der Waals surface area contributed by atoms with E-state index < -0.39 is 23.4 Å². The van der Waals surface area contributed by atoms with E-state index in [0.29, 0.717) is 5.56 Å². The second-order valence-corrected chi connectivity index (χ2v) is 4.58. The zero-order valence-corrected chi connectivity index (χ0v) is 10.8. The Morgan fingerprint density at radius 1 is 0.900 bits per heavy atom. The van der Waals surface area contributed by atoms with Crippen molar-refractivity contribution in [2.75, 3.05) is 0 Å². The number of aryl methyl sites for hydroxylation is 2. The Morgan fingerprint density at radius 2 is 1.55 bits per heavy atom. The maximum Gasteiger partial charge on any atom is 0.417 e. The third-order valence-electron chi connectivity index (χ3n) is 3.08. The molecule has 0 radical (unpaired) electrons. The molecule has 2 aromatic rings. The fourth-order valence-electron chi connectivity index (χ4n) is 2.16. The maximum absolute atomic E-state index is 13.4. The van der Waals surface area contributed by atoms with Gasteiger partial charge in [-0.3, -0.25) is 0 Å². The quantitative estimate of drug-likeness (QED) is 0.627. The van der Waals surface area contributed by atoms with Gasteiger partial charge in [-0.05, 0) is 54.3 Å². The van der Waals surface area contributed by atoms with Crippen molar-refractivity contribution in [2.45, 2.75) is 20.0 Å². The first-order valence-electron chi connectivity index (χ1n) is 5.84. The Hall–Kier alpha value is -1.91. The fraction of sp³-hybridized carbons (Fsp3) is 0.200. The summed E-state index contributed by atoms with van der Waals surface area (Å²) < 4.78 is 65.8. The van der Waals surface area contributed by atoms with Gasteiger partial charge in [0.05, 0.1) is 5.56 Å². The van der Waals surface area contributed by atoms with Crippen LogP contribution in [0.25, 0.3) is 11.1 Å². The smallest absolute Gasteiger partial charge is 0.204 e. The van der Waals surface area contributed by atoms with Crippen LogP contribution in [0.5, 0.6) is 0 Å². The molecule has 0 unspecified atom stereocenters. The SMILES string of the molecule is Cc1cc(-c2c(C)cccc2C(F)(F)F)cc(F)c1F. The van der Waals surface area contributed by atoms with Crippen LogP contribution in [0.2, 0.25) is 0 Å². The summed E-state index contributed by atoms with van der Waals surface area (Å²) in [5, 5.41) is 0. The van der Waals surface area contributed by atoms with Crippen LogP contribution < -0.4 is 0 Å². The van der Waals surface area contributed by atoms with E-state index in [-0.39, 0.29) is 16.7 Å². The highest BCUT2D eigenvalue weighted by molar-refractivity contribution is 5.72. The van der Waals surface area contributed by atoms with E-state index in [9.17, 15) is 22.0 Å². The molecule has 106 valence electrons. The molecule has 0 saturated heterocycles. The zero-order chi connectivity index (χ0) is 15.1. The Kier molecular flexibility index (Phi) is 3.54. The lowest BCUT2D eigenvalue weighted by molar-refractivity contribution is -0.137. The van der Waals surface area contributed by atoms with Crippen molar-refractivity contribution in [3.8, 4) is 11.1 Å². The molecule has 0 heterocycles. The minimum atomic E-state index is -4.56. The summed E-state index contributed by atoms with van der Waals surface area (Å²) in [4.78, 5) is 0. The van der Waals surface area contributed by atoms with E-state index in [1.165, 1.54) is 32.0 Å². The molecular weight excluding hydrogens is 275 g/mol. The second kappa shape index (κ2) is 4.89. The lowest BCUT2D eigenvalue weighted by Gasteiger charge is -2.16. The molecule has 5 heteroatoms. The topological polar surface area (TPSA) is 0 Å². The van der Waals surface area contributed by atoms with Crippen LogP contribution in [-0.4, -0.2) is 0 Å². The van der Waals surface area contributed by atoms with Gasteiger partial charge in [-0.15, -0.1) is 0 Å². The normalized spacial score (nSPS) is 11.8. The fourth-order valence-corrected chi connectivity index (χ4v) is 2.16. The minimum Gasteiger partial charge on any atom is -0.204 e. The van der Waals surface area contributed by atoms with Gasteiger partial charge in [0.25, 0.3) is 0 Å². The summed E-state index contributed by atoms with van der Waals surface area (Å²) in [7, 11) is 0. The lowest BCUT2D eigenvalue weighted by Crippen LogP contribution is -2.08. The van der Waals surface area contributed by atoms with E-state index in [0.717, 1.165) is 12.1 Å².